The molecule has 1 saturated heterocycles. The van der Waals surface area contributed by atoms with Crippen LogP contribution < -0.4 is 5.32 Å². The lowest BCUT2D eigenvalue weighted by atomic mass is 9.97. The van der Waals surface area contributed by atoms with Crippen molar-refractivity contribution in [2.75, 3.05) is 13.1 Å². The molecule has 1 heterocycles. The largest absolute Gasteiger partial charge is 0.317 e. The van der Waals surface area contributed by atoms with E-state index in [9.17, 15) is 13.6 Å². The van der Waals surface area contributed by atoms with Gasteiger partial charge in [0.05, 0.1) is 6.54 Å². The fourth-order valence-electron chi connectivity index (χ4n) is 0.986. The van der Waals surface area contributed by atoms with Crippen molar-refractivity contribution in [2.45, 2.75) is 12.8 Å². The maximum absolute atomic E-state index is 12.4. The number of nitrogens with one attached hydrogen (secondary N) is 1. The van der Waals surface area contributed by atoms with Crippen molar-refractivity contribution in [1.82, 2.24) is 5.32 Å². The smallest absolute Gasteiger partial charge is 0.310 e. The molecule has 1 fully saturated rings. The van der Waals surface area contributed by atoms with E-state index in [-0.39, 0.29) is 0 Å². The molecular formula is C6H9F2NO. The normalized spacial score (nSPS) is 32.3. The zero-order valence-electron chi connectivity index (χ0n) is 5.66. The molecule has 0 saturated carbocycles. The van der Waals surface area contributed by atoms with Crippen LogP contribution in [0.5, 0.6) is 0 Å². The third-order valence-electron chi connectivity index (χ3n) is 1.61. The van der Waals surface area contributed by atoms with Crippen molar-refractivity contribution in [1.29, 1.82) is 0 Å². The molecule has 1 aliphatic rings. The summed E-state index contributed by atoms with van der Waals surface area (Å²) in [5, 5.41) is 2.48. The number of carbonyl (C=O) groups excluding carboxylic acids is 1. The molecule has 1 aliphatic heterocycles. The molecule has 0 aromatic rings. The summed E-state index contributed by atoms with van der Waals surface area (Å²) >= 11 is 0. The van der Waals surface area contributed by atoms with E-state index in [0.717, 1.165) is 0 Å². The quantitative estimate of drug-likeness (QED) is 0.541. The fraction of sp³-hybridized carbons (Fsp3) is 0.833. The molecule has 0 aromatic carbocycles. The van der Waals surface area contributed by atoms with Crippen LogP contribution in [-0.2, 0) is 4.79 Å². The Morgan fingerprint density at radius 3 is 2.70 bits per heavy atom. The lowest BCUT2D eigenvalue weighted by molar-refractivity contribution is -0.149. The molecule has 2 nitrogen and oxygen atoms in total. The van der Waals surface area contributed by atoms with E-state index in [1.54, 1.807) is 0 Å². The lowest BCUT2D eigenvalue weighted by Crippen LogP contribution is -2.51. The van der Waals surface area contributed by atoms with E-state index < -0.39 is 24.2 Å². The van der Waals surface area contributed by atoms with Gasteiger partial charge in [-0.1, -0.05) is 6.92 Å². The van der Waals surface area contributed by atoms with Gasteiger partial charge in [0.15, 0.2) is 0 Å². The Hall–Kier alpha value is -0.510. The number of halogens is 2. The molecule has 1 unspecified atom stereocenters. The van der Waals surface area contributed by atoms with Crippen LogP contribution in [0, 0.1) is 5.92 Å². The third kappa shape index (κ3) is 1.16. The third-order valence-corrected chi connectivity index (χ3v) is 1.61. The van der Waals surface area contributed by atoms with E-state index in [2.05, 4.69) is 5.32 Å². The maximum Gasteiger partial charge on any atom is 0.317 e. The van der Waals surface area contributed by atoms with Crippen LogP contribution >= 0.6 is 0 Å². The molecule has 0 spiro atoms. The summed E-state index contributed by atoms with van der Waals surface area (Å²) in [5.41, 5.74) is 0. The zero-order valence-corrected chi connectivity index (χ0v) is 5.66. The van der Waals surface area contributed by atoms with Crippen molar-refractivity contribution < 1.29 is 13.6 Å². The molecule has 1 rings (SSSR count). The Morgan fingerprint density at radius 1 is 1.70 bits per heavy atom. The van der Waals surface area contributed by atoms with Crippen LogP contribution in [0.3, 0.4) is 0 Å². The van der Waals surface area contributed by atoms with E-state index in [1.807, 2.05) is 0 Å². The molecule has 4 heteroatoms. The monoisotopic (exact) mass is 149 g/mol. The van der Waals surface area contributed by atoms with Crippen LogP contribution in [0.15, 0.2) is 0 Å². The highest BCUT2D eigenvalue weighted by atomic mass is 19.3. The predicted octanol–water partition coefficient (Wildman–Crippen LogP) is 0.430. The van der Waals surface area contributed by atoms with Crippen LogP contribution in [0.4, 0.5) is 8.78 Å². The van der Waals surface area contributed by atoms with Crippen LogP contribution in [0.1, 0.15) is 6.92 Å². The number of Topliss-reactive ketones (excluding diaryl/α,β-unsaturated/α-hetero) is 1. The van der Waals surface area contributed by atoms with Crippen molar-refractivity contribution in [3.63, 3.8) is 0 Å². The van der Waals surface area contributed by atoms with Gasteiger partial charge < -0.3 is 5.32 Å². The van der Waals surface area contributed by atoms with Gasteiger partial charge in [0.2, 0.25) is 5.78 Å². The number of carbonyl (C=O) groups is 1. The van der Waals surface area contributed by atoms with Crippen molar-refractivity contribution >= 4 is 5.78 Å². The minimum absolute atomic E-state index is 0.369. The van der Waals surface area contributed by atoms with Gasteiger partial charge in [-0.2, -0.15) is 8.78 Å². The van der Waals surface area contributed by atoms with Gasteiger partial charge in [-0.3, -0.25) is 4.79 Å². The molecule has 0 amide bonds. The minimum Gasteiger partial charge on any atom is -0.310 e. The second-order valence-corrected chi connectivity index (χ2v) is 2.60. The Balaban J connectivity index is 2.70. The topological polar surface area (TPSA) is 29.1 Å². The highest BCUT2D eigenvalue weighted by Crippen LogP contribution is 2.21. The fourth-order valence-corrected chi connectivity index (χ4v) is 0.986. The first-order chi connectivity index (χ1) is 4.54. The summed E-state index contributed by atoms with van der Waals surface area (Å²) in [5.74, 6) is -4.63. The van der Waals surface area contributed by atoms with Crippen LogP contribution in [0.25, 0.3) is 0 Å². The molecule has 0 radical (unpaired) electrons. The van der Waals surface area contributed by atoms with Crippen LogP contribution in [0.2, 0.25) is 0 Å². The number of hydrogen-bond acceptors (Lipinski definition) is 2. The van der Waals surface area contributed by atoms with Gasteiger partial charge in [-0.25, -0.2) is 0 Å². The van der Waals surface area contributed by atoms with E-state index >= 15 is 0 Å². The minimum atomic E-state index is -3.14. The Labute approximate surface area is 57.6 Å². The molecule has 1 atom stereocenters. The number of ketones is 1. The first kappa shape index (κ1) is 7.60. The van der Waals surface area contributed by atoms with Gasteiger partial charge in [0.25, 0.3) is 0 Å². The number of piperidine rings is 1. The van der Waals surface area contributed by atoms with E-state index in [0.29, 0.717) is 6.54 Å². The summed E-state index contributed by atoms with van der Waals surface area (Å²) in [6.45, 7) is 1.37. The molecule has 0 bridgehead atoms. The van der Waals surface area contributed by atoms with Gasteiger partial charge in [0.1, 0.15) is 0 Å². The van der Waals surface area contributed by atoms with Crippen molar-refractivity contribution in [2.24, 2.45) is 5.92 Å². The average molecular weight is 149 g/mol. The molecule has 0 aromatic heterocycles. The molecule has 58 valence electrons. The summed E-state index contributed by atoms with van der Waals surface area (Å²) in [6, 6.07) is 0. The summed E-state index contributed by atoms with van der Waals surface area (Å²) < 4.78 is 24.9. The SMILES string of the molecule is CC1CNCC(F)(F)C1=O. The molecule has 1 N–H and O–H groups in total. The lowest BCUT2D eigenvalue weighted by Gasteiger charge is -2.25. The zero-order chi connectivity index (χ0) is 7.78. The van der Waals surface area contributed by atoms with Crippen molar-refractivity contribution in [3.05, 3.63) is 0 Å². The standard InChI is InChI=1S/C6H9F2NO/c1-4-2-9-3-6(7,8)5(4)10/h4,9H,2-3H2,1H3. The molecule has 0 aliphatic carbocycles. The first-order valence-electron chi connectivity index (χ1n) is 3.17. The summed E-state index contributed by atoms with van der Waals surface area (Å²) in [6.07, 6.45) is 0. The highest BCUT2D eigenvalue weighted by molar-refractivity contribution is 5.88. The highest BCUT2D eigenvalue weighted by Gasteiger charge is 2.43. The summed E-state index contributed by atoms with van der Waals surface area (Å²) in [7, 11) is 0. The summed E-state index contributed by atoms with van der Waals surface area (Å²) in [4.78, 5) is 10.7. The maximum atomic E-state index is 12.4. The number of hydrogen-bond donors (Lipinski definition) is 1. The average Bonchev–Trinajstić information content (AvgIpc) is 1.83. The first-order valence-corrected chi connectivity index (χ1v) is 3.17. The Morgan fingerprint density at radius 2 is 2.30 bits per heavy atom. The van der Waals surface area contributed by atoms with Gasteiger partial charge in [0, 0.05) is 12.5 Å². The van der Waals surface area contributed by atoms with Crippen LogP contribution in [-0.4, -0.2) is 24.8 Å². The van der Waals surface area contributed by atoms with E-state index in [1.165, 1.54) is 6.92 Å². The molecule has 10 heavy (non-hydrogen) atoms. The van der Waals surface area contributed by atoms with Crippen molar-refractivity contribution in [3.8, 4) is 0 Å². The predicted molar refractivity (Wildman–Crippen MR) is 32.0 cm³/mol. The van der Waals surface area contributed by atoms with E-state index in [4.69, 9.17) is 0 Å². The van der Waals surface area contributed by atoms with Gasteiger partial charge >= 0.3 is 5.92 Å². The number of alkyl halides is 2. The van der Waals surface area contributed by atoms with Gasteiger partial charge in [-0.05, 0) is 0 Å². The molecular weight excluding hydrogens is 140 g/mol. The second kappa shape index (κ2) is 2.27. The van der Waals surface area contributed by atoms with Gasteiger partial charge in [-0.15, -0.1) is 0 Å². The Bertz CT molecular complexity index is 158. The Kier molecular flexibility index (Phi) is 1.72. The second-order valence-electron chi connectivity index (χ2n) is 2.60. The number of rotatable bonds is 0.